The SMILES string of the molecule is COc1nc(-c2cccc(-c3cccc(-c4cnc(CN(CC5CCC(=O)N5)C(=O)O)c(OC)n4)c3Cl)c2Cl)cnc1CNCC1CCC(=O)N1. The van der Waals surface area contributed by atoms with E-state index in [0.29, 0.717) is 93.3 Å². The van der Waals surface area contributed by atoms with Gasteiger partial charge in [0.2, 0.25) is 23.6 Å². The van der Waals surface area contributed by atoms with Crippen LogP contribution in [-0.4, -0.2) is 87.2 Å². The van der Waals surface area contributed by atoms with Crippen molar-refractivity contribution in [1.82, 2.24) is 40.8 Å². The van der Waals surface area contributed by atoms with E-state index < -0.39 is 6.09 Å². The number of carbonyl (C=O) groups is 3. The molecule has 2 aliphatic rings. The molecule has 2 fully saturated rings. The summed E-state index contributed by atoms with van der Waals surface area (Å²) in [7, 11) is 2.96. The maximum absolute atomic E-state index is 12.0. The third-order valence-electron chi connectivity index (χ3n) is 8.75. The molecule has 266 valence electrons. The molecule has 6 rings (SSSR count). The highest BCUT2D eigenvalue weighted by Gasteiger charge is 2.27. The summed E-state index contributed by atoms with van der Waals surface area (Å²) in [5, 5.41) is 19.6. The predicted molar refractivity (Wildman–Crippen MR) is 190 cm³/mol. The molecule has 3 amide bonds. The first-order chi connectivity index (χ1) is 24.6. The van der Waals surface area contributed by atoms with Crippen LogP contribution in [0.25, 0.3) is 33.6 Å². The molecule has 4 N–H and O–H groups in total. The molecule has 2 atom stereocenters. The van der Waals surface area contributed by atoms with Crippen molar-refractivity contribution in [2.45, 2.75) is 50.9 Å². The molecule has 16 heteroatoms. The van der Waals surface area contributed by atoms with Crippen LogP contribution in [0.1, 0.15) is 37.1 Å². The summed E-state index contributed by atoms with van der Waals surface area (Å²) in [5.41, 5.74) is 4.34. The summed E-state index contributed by atoms with van der Waals surface area (Å²) >= 11 is 14.0. The van der Waals surface area contributed by atoms with Gasteiger partial charge in [0, 0.05) is 66.8 Å². The Bertz CT molecular complexity index is 1960. The molecule has 51 heavy (non-hydrogen) atoms. The van der Waals surface area contributed by atoms with Crippen LogP contribution in [0.15, 0.2) is 48.8 Å². The maximum Gasteiger partial charge on any atom is 0.407 e. The molecule has 0 aliphatic carbocycles. The van der Waals surface area contributed by atoms with Crippen LogP contribution in [-0.2, 0) is 22.7 Å². The first-order valence-electron chi connectivity index (χ1n) is 16.3. The fraction of sp³-hybridized carbons (Fsp3) is 0.343. The van der Waals surface area contributed by atoms with E-state index in [1.54, 1.807) is 12.3 Å². The zero-order chi connectivity index (χ0) is 36.1. The van der Waals surface area contributed by atoms with Crippen molar-refractivity contribution in [2.75, 3.05) is 27.3 Å². The molecule has 0 bridgehead atoms. The van der Waals surface area contributed by atoms with Crippen LogP contribution >= 0.6 is 23.2 Å². The highest BCUT2D eigenvalue weighted by atomic mass is 35.5. The Morgan fingerprint density at radius 1 is 0.843 bits per heavy atom. The number of aromatic nitrogens is 4. The molecular formula is C35H36Cl2N8O6. The Kier molecular flexibility index (Phi) is 11.1. The lowest BCUT2D eigenvalue weighted by Crippen LogP contribution is -2.41. The Morgan fingerprint density at radius 3 is 1.86 bits per heavy atom. The normalized spacial score (nSPS) is 16.9. The van der Waals surface area contributed by atoms with E-state index in [2.05, 4.69) is 30.9 Å². The molecule has 0 saturated carbocycles. The largest absolute Gasteiger partial charge is 0.480 e. The third-order valence-corrected chi connectivity index (χ3v) is 9.57. The number of methoxy groups -OCH3 is 2. The van der Waals surface area contributed by atoms with Gasteiger partial charge in [-0.15, -0.1) is 0 Å². The fourth-order valence-corrected chi connectivity index (χ4v) is 6.80. The van der Waals surface area contributed by atoms with Crippen LogP contribution in [0.2, 0.25) is 10.0 Å². The Hall–Kier alpha value is -5.05. The molecule has 2 unspecified atom stereocenters. The van der Waals surface area contributed by atoms with Crippen molar-refractivity contribution in [3.05, 3.63) is 70.2 Å². The van der Waals surface area contributed by atoms with E-state index in [1.807, 2.05) is 30.3 Å². The second kappa shape index (κ2) is 15.9. The molecule has 4 heterocycles. The Labute approximate surface area is 303 Å². The van der Waals surface area contributed by atoms with E-state index >= 15 is 0 Å². The van der Waals surface area contributed by atoms with Gasteiger partial charge in [0.1, 0.15) is 11.4 Å². The first-order valence-corrected chi connectivity index (χ1v) is 17.1. The number of nitrogens with one attached hydrogen (secondary N) is 3. The number of carboxylic acid groups (broad SMARTS) is 1. The van der Waals surface area contributed by atoms with Gasteiger partial charge in [-0.05, 0) is 12.8 Å². The third kappa shape index (κ3) is 8.14. The van der Waals surface area contributed by atoms with E-state index in [4.69, 9.17) is 37.7 Å². The van der Waals surface area contributed by atoms with Crippen LogP contribution in [0.4, 0.5) is 4.79 Å². The molecule has 2 aromatic heterocycles. The number of hydrogen-bond donors (Lipinski definition) is 4. The highest BCUT2D eigenvalue weighted by molar-refractivity contribution is 6.39. The molecule has 0 spiro atoms. The fourth-order valence-electron chi connectivity index (χ4n) is 6.15. The summed E-state index contributed by atoms with van der Waals surface area (Å²) in [6.45, 7) is 1.05. The average Bonchev–Trinajstić information content (AvgIpc) is 3.75. The second-order valence-electron chi connectivity index (χ2n) is 12.2. The summed E-state index contributed by atoms with van der Waals surface area (Å²) in [6.07, 6.45) is 4.25. The van der Waals surface area contributed by atoms with Gasteiger partial charge in [-0.2, -0.15) is 0 Å². The zero-order valence-electron chi connectivity index (χ0n) is 27.9. The van der Waals surface area contributed by atoms with E-state index in [0.717, 1.165) is 6.42 Å². The number of rotatable bonds is 13. The van der Waals surface area contributed by atoms with Crippen molar-refractivity contribution in [3.63, 3.8) is 0 Å². The maximum atomic E-state index is 12.0. The van der Waals surface area contributed by atoms with Crippen molar-refractivity contribution >= 4 is 41.1 Å². The Balaban J connectivity index is 1.23. The molecule has 0 radical (unpaired) electrons. The van der Waals surface area contributed by atoms with Gasteiger partial charge in [0.25, 0.3) is 0 Å². The summed E-state index contributed by atoms with van der Waals surface area (Å²) in [6, 6.07) is 10.8. The van der Waals surface area contributed by atoms with E-state index in [-0.39, 0.29) is 42.9 Å². The monoisotopic (exact) mass is 734 g/mol. The number of nitrogens with zero attached hydrogens (tertiary/aromatic N) is 5. The van der Waals surface area contributed by atoms with Crippen molar-refractivity contribution in [3.8, 4) is 45.4 Å². The quantitative estimate of drug-likeness (QED) is 0.149. The smallest absolute Gasteiger partial charge is 0.407 e. The summed E-state index contributed by atoms with van der Waals surface area (Å²) < 4.78 is 11.1. The van der Waals surface area contributed by atoms with Gasteiger partial charge in [0.05, 0.1) is 54.6 Å². The lowest BCUT2D eigenvalue weighted by atomic mass is 9.98. The number of amides is 3. The second-order valence-corrected chi connectivity index (χ2v) is 12.9. The number of hydrogen-bond acceptors (Lipinski definition) is 10. The van der Waals surface area contributed by atoms with Gasteiger partial charge in [-0.25, -0.2) is 14.8 Å². The number of carbonyl (C=O) groups excluding carboxylic acids is 2. The predicted octanol–water partition coefficient (Wildman–Crippen LogP) is 4.72. The van der Waals surface area contributed by atoms with Gasteiger partial charge in [-0.3, -0.25) is 19.6 Å². The molecule has 4 aromatic rings. The van der Waals surface area contributed by atoms with Crippen LogP contribution in [0.5, 0.6) is 11.8 Å². The lowest BCUT2D eigenvalue weighted by molar-refractivity contribution is -0.120. The van der Waals surface area contributed by atoms with Gasteiger partial charge in [-0.1, -0.05) is 59.6 Å². The minimum Gasteiger partial charge on any atom is -0.480 e. The van der Waals surface area contributed by atoms with Crippen LogP contribution in [0.3, 0.4) is 0 Å². The molecule has 2 saturated heterocycles. The highest BCUT2D eigenvalue weighted by Crippen LogP contribution is 2.42. The standard InChI is InChI=1S/C35H36Cl2N8O6/c1-50-33-27(14-38-13-19-9-11-29(46)41-19)39-15-25(43-33)23-7-3-5-21(31(23)36)22-6-4-8-24(32(22)37)26-16-40-28(34(44-26)51-2)18-45(35(48)49)17-20-10-12-30(47)42-20/h3-8,15-16,19-20,38H,9-14,17-18H2,1-2H3,(H,41,46)(H,42,47)(H,48,49). The number of ether oxygens (including phenoxy) is 2. The molecular weight excluding hydrogens is 699 g/mol. The van der Waals surface area contributed by atoms with E-state index in [9.17, 15) is 19.5 Å². The van der Waals surface area contributed by atoms with Crippen molar-refractivity contribution in [2.24, 2.45) is 0 Å². The average molecular weight is 736 g/mol. The topological polar surface area (TPSA) is 181 Å². The molecule has 2 aromatic carbocycles. The molecule has 14 nitrogen and oxygen atoms in total. The minimum atomic E-state index is -1.15. The minimum absolute atomic E-state index is 0.0641. The van der Waals surface area contributed by atoms with Crippen molar-refractivity contribution < 1.29 is 29.0 Å². The first kappa shape index (κ1) is 35.8. The summed E-state index contributed by atoms with van der Waals surface area (Å²) in [4.78, 5) is 54.7. The van der Waals surface area contributed by atoms with Crippen molar-refractivity contribution in [1.29, 1.82) is 0 Å². The lowest BCUT2D eigenvalue weighted by Gasteiger charge is -2.23. The van der Waals surface area contributed by atoms with Gasteiger partial charge in [0.15, 0.2) is 0 Å². The van der Waals surface area contributed by atoms with Crippen LogP contribution in [0, 0.1) is 0 Å². The van der Waals surface area contributed by atoms with Gasteiger partial charge >= 0.3 is 6.09 Å². The number of benzene rings is 2. The van der Waals surface area contributed by atoms with E-state index in [1.165, 1.54) is 25.3 Å². The van der Waals surface area contributed by atoms with Crippen LogP contribution < -0.4 is 25.4 Å². The summed E-state index contributed by atoms with van der Waals surface area (Å²) in [5.74, 6) is 0.464. The Morgan fingerprint density at radius 2 is 1.35 bits per heavy atom. The van der Waals surface area contributed by atoms with Gasteiger partial charge < -0.3 is 35.4 Å². The number of halogens is 2. The molecule has 2 aliphatic heterocycles. The zero-order valence-corrected chi connectivity index (χ0v) is 29.4.